The van der Waals surface area contributed by atoms with E-state index < -0.39 is 0 Å². The molecule has 1 amide bonds. The molecule has 2 atom stereocenters. The van der Waals surface area contributed by atoms with Gasteiger partial charge in [0.1, 0.15) is 18.1 Å². The topological polar surface area (TPSA) is 63.9 Å². The van der Waals surface area contributed by atoms with E-state index in [1.54, 1.807) is 12.0 Å². The van der Waals surface area contributed by atoms with Crippen molar-refractivity contribution in [2.45, 2.75) is 25.9 Å². The number of carbonyl (C=O) groups excluding carboxylic acids is 1. The van der Waals surface area contributed by atoms with Crippen LogP contribution in [0.25, 0.3) is 0 Å². The first-order valence-corrected chi connectivity index (χ1v) is 8.44. The second-order valence-electron chi connectivity index (χ2n) is 6.21. The summed E-state index contributed by atoms with van der Waals surface area (Å²) in [5.74, 6) is 1.73. The van der Waals surface area contributed by atoms with Crippen LogP contribution in [-0.4, -0.2) is 33.0 Å². The summed E-state index contributed by atoms with van der Waals surface area (Å²) < 4.78 is 16.1. The van der Waals surface area contributed by atoms with Gasteiger partial charge in [-0.2, -0.15) is 0 Å². The van der Waals surface area contributed by atoms with E-state index >= 15 is 0 Å². The molecule has 6 nitrogen and oxygen atoms in total. The molecule has 0 radical (unpaired) electrons. The number of nitrogens with one attached hydrogen (secondary N) is 1. The number of hydrogen-bond donors (Lipinski definition) is 1. The maximum atomic E-state index is 11.8. The van der Waals surface area contributed by atoms with Crippen LogP contribution in [0.15, 0.2) is 40.8 Å². The predicted octanol–water partition coefficient (Wildman–Crippen LogP) is 3.58. The standard InChI is InChI=1S/C19H24N2O4/c1-13-7-8-18(25-13)17(12-23-3)20-14(2)15-5-4-6-16(11-15)21-9-10-24-19(21)22/h4-8,11,14,17,20H,9-10,12H2,1-3H3/t14-,17-/m1/s1. The van der Waals surface area contributed by atoms with Gasteiger partial charge in [0.05, 0.1) is 19.2 Å². The number of amides is 1. The molecule has 0 saturated carbocycles. The number of methoxy groups -OCH3 is 1. The fourth-order valence-electron chi connectivity index (χ4n) is 3.01. The Bertz CT molecular complexity index is 728. The summed E-state index contributed by atoms with van der Waals surface area (Å²) in [7, 11) is 1.68. The van der Waals surface area contributed by atoms with E-state index in [1.165, 1.54) is 0 Å². The minimum absolute atomic E-state index is 0.0471. The van der Waals surface area contributed by atoms with Crippen LogP contribution < -0.4 is 10.2 Å². The lowest BCUT2D eigenvalue weighted by molar-refractivity contribution is 0.151. The molecule has 1 N–H and O–H groups in total. The van der Waals surface area contributed by atoms with Gasteiger partial charge < -0.3 is 13.9 Å². The minimum atomic E-state index is -0.291. The highest BCUT2D eigenvalue weighted by Gasteiger charge is 2.24. The second kappa shape index (κ2) is 7.72. The molecule has 2 heterocycles. The zero-order valence-corrected chi connectivity index (χ0v) is 14.8. The summed E-state index contributed by atoms with van der Waals surface area (Å²) in [6.45, 7) is 5.54. The summed E-state index contributed by atoms with van der Waals surface area (Å²) in [4.78, 5) is 13.4. The Morgan fingerprint density at radius 3 is 2.80 bits per heavy atom. The van der Waals surface area contributed by atoms with Crippen molar-refractivity contribution in [1.82, 2.24) is 5.32 Å². The van der Waals surface area contributed by atoms with Crippen molar-refractivity contribution >= 4 is 11.8 Å². The molecule has 1 aliphatic rings. The van der Waals surface area contributed by atoms with Crippen LogP contribution in [0.4, 0.5) is 10.5 Å². The van der Waals surface area contributed by atoms with Crippen molar-refractivity contribution in [2.75, 3.05) is 31.8 Å². The number of ether oxygens (including phenoxy) is 2. The molecule has 25 heavy (non-hydrogen) atoms. The van der Waals surface area contributed by atoms with Gasteiger partial charge in [0.2, 0.25) is 0 Å². The van der Waals surface area contributed by atoms with Crippen molar-refractivity contribution in [3.63, 3.8) is 0 Å². The maximum absolute atomic E-state index is 11.8. The summed E-state index contributed by atoms with van der Waals surface area (Å²) in [5.41, 5.74) is 1.94. The van der Waals surface area contributed by atoms with Crippen LogP contribution in [0, 0.1) is 6.92 Å². The Labute approximate surface area is 147 Å². The Morgan fingerprint density at radius 1 is 1.32 bits per heavy atom. The Morgan fingerprint density at radius 2 is 2.16 bits per heavy atom. The van der Waals surface area contributed by atoms with E-state index in [1.807, 2.05) is 43.3 Å². The molecule has 0 spiro atoms. The van der Waals surface area contributed by atoms with E-state index in [9.17, 15) is 4.79 Å². The van der Waals surface area contributed by atoms with Crippen LogP contribution in [0.2, 0.25) is 0 Å². The van der Waals surface area contributed by atoms with Gasteiger partial charge in [-0.25, -0.2) is 4.79 Å². The molecule has 1 aromatic carbocycles. The number of benzene rings is 1. The van der Waals surface area contributed by atoms with Gasteiger partial charge in [-0.3, -0.25) is 10.2 Å². The van der Waals surface area contributed by atoms with E-state index in [4.69, 9.17) is 13.9 Å². The van der Waals surface area contributed by atoms with E-state index in [0.29, 0.717) is 19.8 Å². The first-order chi connectivity index (χ1) is 12.1. The molecular formula is C19H24N2O4. The first kappa shape index (κ1) is 17.5. The molecule has 3 rings (SSSR count). The molecule has 0 aliphatic carbocycles. The Hall–Kier alpha value is -2.31. The highest BCUT2D eigenvalue weighted by Crippen LogP contribution is 2.26. The smallest absolute Gasteiger partial charge is 0.414 e. The zero-order chi connectivity index (χ0) is 17.8. The molecule has 1 fully saturated rings. The fourth-order valence-corrected chi connectivity index (χ4v) is 3.01. The molecule has 0 bridgehead atoms. The second-order valence-corrected chi connectivity index (χ2v) is 6.21. The third-order valence-corrected chi connectivity index (χ3v) is 4.33. The van der Waals surface area contributed by atoms with Crippen molar-refractivity contribution in [3.05, 3.63) is 53.5 Å². The zero-order valence-electron chi connectivity index (χ0n) is 14.8. The number of rotatable bonds is 7. The maximum Gasteiger partial charge on any atom is 0.414 e. The number of hydrogen-bond acceptors (Lipinski definition) is 5. The number of nitrogens with zero attached hydrogens (tertiary/aromatic N) is 1. The normalized spacial score (nSPS) is 16.8. The number of furan rings is 1. The quantitative estimate of drug-likeness (QED) is 0.832. The van der Waals surface area contributed by atoms with Crippen molar-refractivity contribution < 1.29 is 18.7 Å². The first-order valence-electron chi connectivity index (χ1n) is 8.44. The van der Waals surface area contributed by atoms with Gasteiger partial charge in [0.15, 0.2) is 0 Å². The minimum Gasteiger partial charge on any atom is -0.465 e. The van der Waals surface area contributed by atoms with Crippen LogP contribution in [0.3, 0.4) is 0 Å². The number of aryl methyl sites for hydroxylation is 1. The molecule has 1 aliphatic heterocycles. The van der Waals surface area contributed by atoms with E-state index in [0.717, 1.165) is 22.8 Å². The number of carbonyl (C=O) groups is 1. The van der Waals surface area contributed by atoms with Crippen molar-refractivity contribution in [3.8, 4) is 0 Å². The SMILES string of the molecule is COC[C@@H](N[C@H](C)c1cccc(N2CCOC2=O)c1)c1ccc(C)o1. The average molecular weight is 344 g/mol. The van der Waals surface area contributed by atoms with E-state index in [-0.39, 0.29) is 18.2 Å². The van der Waals surface area contributed by atoms with Crippen LogP contribution in [-0.2, 0) is 9.47 Å². The number of cyclic esters (lactones) is 1. The van der Waals surface area contributed by atoms with Crippen molar-refractivity contribution in [2.24, 2.45) is 0 Å². The summed E-state index contributed by atoms with van der Waals surface area (Å²) in [5, 5.41) is 3.54. The molecule has 0 unspecified atom stereocenters. The van der Waals surface area contributed by atoms with Gasteiger partial charge in [0, 0.05) is 18.8 Å². The fraction of sp³-hybridized carbons (Fsp3) is 0.421. The average Bonchev–Trinajstić information content (AvgIpc) is 3.23. The van der Waals surface area contributed by atoms with Crippen LogP contribution in [0.1, 0.15) is 36.1 Å². The van der Waals surface area contributed by atoms with Gasteiger partial charge in [-0.15, -0.1) is 0 Å². The molecule has 6 heteroatoms. The lowest BCUT2D eigenvalue weighted by Crippen LogP contribution is -2.28. The Balaban J connectivity index is 1.75. The lowest BCUT2D eigenvalue weighted by atomic mass is 10.1. The molecule has 1 saturated heterocycles. The van der Waals surface area contributed by atoms with E-state index in [2.05, 4.69) is 12.2 Å². The third kappa shape index (κ3) is 4.03. The summed E-state index contributed by atoms with van der Waals surface area (Å²) in [6, 6.07) is 11.9. The largest absolute Gasteiger partial charge is 0.465 e. The summed E-state index contributed by atoms with van der Waals surface area (Å²) >= 11 is 0. The third-order valence-electron chi connectivity index (χ3n) is 4.33. The monoisotopic (exact) mass is 344 g/mol. The van der Waals surface area contributed by atoms with Gasteiger partial charge in [-0.1, -0.05) is 12.1 Å². The van der Waals surface area contributed by atoms with Crippen molar-refractivity contribution in [1.29, 1.82) is 0 Å². The molecular weight excluding hydrogens is 320 g/mol. The lowest BCUT2D eigenvalue weighted by Gasteiger charge is -2.23. The Kier molecular flexibility index (Phi) is 5.40. The highest BCUT2D eigenvalue weighted by atomic mass is 16.6. The number of anilines is 1. The molecule has 134 valence electrons. The van der Waals surface area contributed by atoms with Crippen LogP contribution >= 0.6 is 0 Å². The van der Waals surface area contributed by atoms with Gasteiger partial charge in [0.25, 0.3) is 0 Å². The highest BCUT2D eigenvalue weighted by molar-refractivity contribution is 5.89. The predicted molar refractivity (Wildman–Crippen MR) is 94.7 cm³/mol. The van der Waals surface area contributed by atoms with Gasteiger partial charge in [-0.05, 0) is 43.7 Å². The van der Waals surface area contributed by atoms with Crippen LogP contribution in [0.5, 0.6) is 0 Å². The molecule has 2 aromatic rings. The van der Waals surface area contributed by atoms with Gasteiger partial charge >= 0.3 is 6.09 Å². The summed E-state index contributed by atoms with van der Waals surface area (Å²) in [6.07, 6.45) is -0.291. The molecule has 1 aromatic heterocycles.